The summed E-state index contributed by atoms with van der Waals surface area (Å²) in [5.74, 6) is -0.494. The Morgan fingerprint density at radius 1 is 1.33 bits per heavy atom. The van der Waals surface area contributed by atoms with Gasteiger partial charge in [-0.2, -0.15) is 0 Å². The Labute approximate surface area is 126 Å². The first-order chi connectivity index (χ1) is 9.69. The van der Waals surface area contributed by atoms with Gasteiger partial charge in [0.15, 0.2) is 0 Å². The molecule has 0 aromatic heterocycles. The first-order valence-electron chi connectivity index (χ1n) is 6.83. The molecule has 0 saturated carbocycles. The highest BCUT2D eigenvalue weighted by molar-refractivity contribution is 7.89. The van der Waals surface area contributed by atoms with Gasteiger partial charge >= 0.3 is 0 Å². The van der Waals surface area contributed by atoms with Crippen molar-refractivity contribution in [1.29, 1.82) is 0 Å². The van der Waals surface area contributed by atoms with Crippen LogP contribution in [0, 0.1) is 11.7 Å². The van der Waals surface area contributed by atoms with Crippen LogP contribution in [0.5, 0.6) is 0 Å². The molecular weight excluding hydrogens is 293 g/mol. The summed E-state index contributed by atoms with van der Waals surface area (Å²) >= 11 is 0. The van der Waals surface area contributed by atoms with Gasteiger partial charge in [0.25, 0.3) is 0 Å². The van der Waals surface area contributed by atoms with Crippen LogP contribution in [0.4, 0.5) is 4.39 Å². The third kappa shape index (κ3) is 4.74. The lowest BCUT2D eigenvalue weighted by Crippen LogP contribution is -2.45. The molecule has 0 spiro atoms. The van der Waals surface area contributed by atoms with Gasteiger partial charge in [0, 0.05) is 24.7 Å². The van der Waals surface area contributed by atoms with Crippen LogP contribution < -0.4 is 10.5 Å². The maximum Gasteiger partial charge on any atom is 0.241 e. The summed E-state index contributed by atoms with van der Waals surface area (Å²) in [6, 6.07) is 3.69. The van der Waals surface area contributed by atoms with Crippen molar-refractivity contribution in [3.63, 3.8) is 0 Å². The Balaban J connectivity index is 3.13. The van der Waals surface area contributed by atoms with Crippen molar-refractivity contribution in [2.75, 3.05) is 20.6 Å². The summed E-state index contributed by atoms with van der Waals surface area (Å²) < 4.78 is 41.4. The van der Waals surface area contributed by atoms with E-state index in [1.807, 2.05) is 32.8 Å². The fourth-order valence-electron chi connectivity index (χ4n) is 2.03. The number of rotatable bonds is 7. The minimum Gasteiger partial charge on any atom is -0.326 e. The molecule has 0 aliphatic heterocycles. The average molecular weight is 317 g/mol. The summed E-state index contributed by atoms with van der Waals surface area (Å²) in [5, 5.41) is 0. The van der Waals surface area contributed by atoms with Crippen LogP contribution in [-0.4, -0.2) is 40.0 Å². The number of nitrogens with two attached hydrogens (primary N) is 1. The minimum atomic E-state index is -3.81. The van der Waals surface area contributed by atoms with E-state index >= 15 is 0 Å². The van der Waals surface area contributed by atoms with Crippen molar-refractivity contribution in [3.8, 4) is 0 Å². The normalized spacial score (nSPS) is 13.9. The molecule has 1 aromatic carbocycles. The first kappa shape index (κ1) is 18.0. The molecule has 0 aliphatic rings. The van der Waals surface area contributed by atoms with Crippen molar-refractivity contribution in [3.05, 3.63) is 29.6 Å². The highest BCUT2D eigenvalue weighted by Gasteiger charge is 2.25. The molecule has 0 saturated heterocycles. The van der Waals surface area contributed by atoms with E-state index in [1.165, 1.54) is 18.2 Å². The first-order valence-corrected chi connectivity index (χ1v) is 8.32. The lowest BCUT2D eigenvalue weighted by Gasteiger charge is -2.25. The second kappa shape index (κ2) is 7.31. The molecule has 21 heavy (non-hydrogen) atoms. The second-order valence-corrected chi connectivity index (χ2v) is 7.34. The standard InChI is InChI=1S/C14H24FN3O2S/c1-10(2)13(9-18(3)4)17-21(19,20)14-7-5-6-12(15)11(14)8-16/h5-7,10,13,17H,8-9,16H2,1-4H3. The smallest absolute Gasteiger partial charge is 0.241 e. The zero-order valence-electron chi connectivity index (χ0n) is 12.9. The van der Waals surface area contributed by atoms with Gasteiger partial charge in [-0.3, -0.25) is 0 Å². The summed E-state index contributed by atoms with van der Waals surface area (Å²) in [6.45, 7) is 4.27. The number of halogens is 1. The van der Waals surface area contributed by atoms with E-state index in [9.17, 15) is 12.8 Å². The zero-order chi connectivity index (χ0) is 16.2. The van der Waals surface area contributed by atoms with Crippen LogP contribution >= 0.6 is 0 Å². The molecule has 0 aliphatic carbocycles. The molecule has 7 heteroatoms. The van der Waals surface area contributed by atoms with Crippen molar-refractivity contribution in [2.24, 2.45) is 11.7 Å². The predicted octanol–water partition coefficient (Wildman–Crippen LogP) is 1.15. The lowest BCUT2D eigenvalue weighted by atomic mass is 10.1. The monoisotopic (exact) mass is 317 g/mol. The maximum absolute atomic E-state index is 13.7. The molecule has 120 valence electrons. The van der Waals surface area contributed by atoms with Crippen LogP contribution in [0.1, 0.15) is 19.4 Å². The number of benzene rings is 1. The summed E-state index contributed by atoms with van der Waals surface area (Å²) in [7, 11) is -0.0677. The van der Waals surface area contributed by atoms with Crippen LogP contribution in [-0.2, 0) is 16.6 Å². The van der Waals surface area contributed by atoms with Crippen molar-refractivity contribution >= 4 is 10.0 Å². The molecule has 0 heterocycles. The number of nitrogens with one attached hydrogen (secondary N) is 1. The molecule has 0 fully saturated rings. The quantitative estimate of drug-likeness (QED) is 0.791. The van der Waals surface area contributed by atoms with E-state index in [-0.39, 0.29) is 29.0 Å². The molecule has 1 aromatic rings. The predicted molar refractivity (Wildman–Crippen MR) is 81.8 cm³/mol. The largest absolute Gasteiger partial charge is 0.326 e. The summed E-state index contributed by atoms with van der Waals surface area (Å²) in [6.07, 6.45) is 0. The Hall–Kier alpha value is -1.02. The Morgan fingerprint density at radius 3 is 2.43 bits per heavy atom. The molecule has 3 N–H and O–H groups in total. The topological polar surface area (TPSA) is 75.4 Å². The van der Waals surface area contributed by atoms with Gasteiger partial charge in [-0.05, 0) is 32.1 Å². The summed E-state index contributed by atoms with van der Waals surface area (Å²) in [4.78, 5) is 1.82. The molecule has 0 amide bonds. The molecule has 1 unspecified atom stereocenters. The maximum atomic E-state index is 13.7. The van der Waals surface area contributed by atoms with Crippen molar-refractivity contribution < 1.29 is 12.8 Å². The van der Waals surface area contributed by atoms with E-state index in [0.29, 0.717) is 6.54 Å². The van der Waals surface area contributed by atoms with E-state index in [2.05, 4.69) is 4.72 Å². The highest BCUT2D eigenvalue weighted by Crippen LogP contribution is 2.19. The third-order valence-electron chi connectivity index (χ3n) is 3.24. The van der Waals surface area contributed by atoms with E-state index < -0.39 is 15.8 Å². The lowest BCUT2D eigenvalue weighted by molar-refractivity contribution is 0.314. The molecular formula is C14H24FN3O2S. The highest BCUT2D eigenvalue weighted by atomic mass is 32.2. The van der Waals surface area contributed by atoms with Gasteiger partial charge < -0.3 is 10.6 Å². The van der Waals surface area contributed by atoms with Crippen molar-refractivity contribution in [2.45, 2.75) is 31.3 Å². The molecule has 0 radical (unpaired) electrons. The van der Waals surface area contributed by atoms with Gasteiger partial charge in [0.2, 0.25) is 10.0 Å². The number of hydrogen-bond acceptors (Lipinski definition) is 4. The zero-order valence-corrected chi connectivity index (χ0v) is 13.7. The number of hydrogen-bond donors (Lipinski definition) is 2. The second-order valence-electron chi connectivity index (χ2n) is 5.65. The Morgan fingerprint density at radius 2 is 1.95 bits per heavy atom. The number of nitrogens with zero attached hydrogens (tertiary/aromatic N) is 1. The minimum absolute atomic E-state index is 0.0114. The number of sulfonamides is 1. The fourth-order valence-corrected chi connectivity index (χ4v) is 3.66. The van der Waals surface area contributed by atoms with Gasteiger partial charge in [-0.15, -0.1) is 0 Å². The average Bonchev–Trinajstić information content (AvgIpc) is 2.36. The van der Waals surface area contributed by atoms with Crippen LogP contribution in [0.3, 0.4) is 0 Å². The Kier molecular flexibility index (Phi) is 6.27. The van der Waals surface area contributed by atoms with E-state index in [1.54, 1.807) is 0 Å². The van der Waals surface area contributed by atoms with Crippen LogP contribution in [0.2, 0.25) is 0 Å². The van der Waals surface area contributed by atoms with E-state index in [0.717, 1.165) is 0 Å². The summed E-state index contributed by atoms with van der Waals surface area (Å²) in [5.41, 5.74) is 5.49. The van der Waals surface area contributed by atoms with Gasteiger partial charge in [-0.1, -0.05) is 19.9 Å². The molecule has 0 bridgehead atoms. The van der Waals surface area contributed by atoms with Gasteiger partial charge in [-0.25, -0.2) is 17.5 Å². The van der Waals surface area contributed by atoms with Crippen molar-refractivity contribution in [1.82, 2.24) is 9.62 Å². The Bertz CT molecular complexity index is 574. The fraction of sp³-hybridized carbons (Fsp3) is 0.571. The molecule has 5 nitrogen and oxygen atoms in total. The van der Waals surface area contributed by atoms with Crippen LogP contribution in [0.25, 0.3) is 0 Å². The molecule has 1 atom stereocenters. The van der Waals surface area contributed by atoms with E-state index in [4.69, 9.17) is 5.73 Å². The SMILES string of the molecule is CC(C)C(CN(C)C)NS(=O)(=O)c1cccc(F)c1CN. The third-order valence-corrected chi connectivity index (χ3v) is 4.82. The van der Waals surface area contributed by atoms with Gasteiger partial charge in [0.1, 0.15) is 5.82 Å². The van der Waals surface area contributed by atoms with Crippen LogP contribution in [0.15, 0.2) is 23.1 Å². The van der Waals surface area contributed by atoms with Gasteiger partial charge in [0.05, 0.1) is 4.90 Å². The molecule has 1 rings (SSSR count). The number of likely N-dealkylation sites (N-methyl/N-ethyl adjacent to an activating group) is 1.